The monoisotopic (exact) mass is 364 g/mol. The summed E-state index contributed by atoms with van der Waals surface area (Å²) in [6, 6.07) is 20.5. The second-order valence-corrected chi connectivity index (χ2v) is 7.27. The van der Waals surface area contributed by atoms with E-state index in [0.717, 1.165) is 0 Å². The number of hydrogen-bond acceptors (Lipinski definition) is 4. The van der Waals surface area contributed by atoms with Crippen LogP contribution >= 0.6 is 11.3 Å². The Morgan fingerprint density at radius 3 is 2.23 bits per heavy atom. The molecule has 4 rings (SSSR count). The molecule has 1 aromatic heterocycles. The van der Waals surface area contributed by atoms with Crippen molar-refractivity contribution in [2.24, 2.45) is 0 Å². The number of amides is 1. The summed E-state index contributed by atoms with van der Waals surface area (Å²) in [5, 5.41) is 2.56. The molecule has 0 spiro atoms. The smallest absolute Gasteiger partial charge is 0.273 e. The summed E-state index contributed by atoms with van der Waals surface area (Å²) in [6.07, 6.45) is 2.25. The summed E-state index contributed by atoms with van der Waals surface area (Å²) < 4.78 is 5.76. The van der Waals surface area contributed by atoms with Gasteiger partial charge in [0.15, 0.2) is 0 Å². The molecule has 1 amide bonds. The first-order valence-corrected chi connectivity index (χ1v) is 9.61. The molecule has 2 aromatic carbocycles. The highest BCUT2D eigenvalue weighted by Crippen LogP contribution is 2.30. The van der Waals surface area contributed by atoms with Crippen LogP contribution in [0.3, 0.4) is 0 Å². The number of hydrogen-bond donors (Lipinski definition) is 0. The average Bonchev–Trinajstić information content (AvgIpc) is 3.17. The molecule has 1 saturated heterocycles. The minimum Gasteiger partial charge on any atom is -0.463 e. The molecule has 5 heteroatoms. The Kier molecular flexibility index (Phi) is 4.97. The molecule has 3 aromatic rings. The largest absolute Gasteiger partial charge is 0.463 e. The van der Waals surface area contributed by atoms with Crippen LogP contribution in [0.15, 0.2) is 72.2 Å². The van der Waals surface area contributed by atoms with E-state index in [1.165, 1.54) is 22.5 Å². The van der Waals surface area contributed by atoms with Gasteiger partial charge < -0.3 is 9.64 Å². The van der Waals surface area contributed by atoms with Gasteiger partial charge in [0.05, 0.1) is 13.1 Å². The topological polar surface area (TPSA) is 42.4 Å². The van der Waals surface area contributed by atoms with Crippen LogP contribution in [0.1, 0.15) is 23.5 Å². The summed E-state index contributed by atoms with van der Waals surface area (Å²) in [5.41, 5.74) is 2.34. The highest BCUT2D eigenvalue weighted by Gasteiger charge is 2.34. The first-order valence-electron chi connectivity index (χ1n) is 8.73. The zero-order chi connectivity index (χ0) is 17.8. The minimum absolute atomic E-state index is 0.0528. The summed E-state index contributed by atoms with van der Waals surface area (Å²) in [4.78, 5) is 18.8. The van der Waals surface area contributed by atoms with Gasteiger partial charge in [0, 0.05) is 23.9 Å². The van der Waals surface area contributed by atoms with Crippen molar-refractivity contribution in [1.82, 2.24) is 9.88 Å². The molecule has 0 N–H and O–H groups in total. The summed E-state index contributed by atoms with van der Waals surface area (Å²) in [7, 11) is 0. The van der Waals surface area contributed by atoms with Crippen LogP contribution in [0, 0.1) is 0 Å². The normalized spacial score (nSPS) is 14.3. The fourth-order valence-corrected chi connectivity index (χ4v) is 3.78. The van der Waals surface area contributed by atoms with Gasteiger partial charge in [-0.25, -0.2) is 4.98 Å². The van der Waals surface area contributed by atoms with Crippen LogP contribution in [0.2, 0.25) is 0 Å². The molecule has 0 atom stereocenters. The maximum Gasteiger partial charge on any atom is 0.273 e. The van der Waals surface area contributed by atoms with Gasteiger partial charge in [0.25, 0.3) is 5.19 Å². The van der Waals surface area contributed by atoms with Crippen LogP contribution in [-0.2, 0) is 4.79 Å². The maximum absolute atomic E-state index is 12.8. The quantitative estimate of drug-likeness (QED) is 0.665. The number of carbonyl (C=O) groups is 1. The van der Waals surface area contributed by atoms with E-state index in [1.807, 2.05) is 46.7 Å². The van der Waals surface area contributed by atoms with Crippen molar-refractivity contribution in [2.45, 2.75) is 18.4 Å². The summed E-state index contributed by atoms with van der Waals surface area (Å²) in [6.45, 7) is 1.27. The van der Waals surface area contributed by atoms with Gasteiger partial charge >= 0.3 is 0 Å². The van der Waals surface area contributed by atoms with Gasteiger partial charge in [-0.2, -0.15) is 0 Å². The van der Waals surface area contributed by atoms with Crippen molar-refractivity contribution < 1.29 is 9.53 Å². The fraction of sp³-hybridized carbons (Fsp3) is 0.238. The summed E-state index contributed by atoms with van der Waals surface area (Å²) in [5.74, 6) is 0.241. The predicted molar refractivity (Wildman–Crippen MR) is 102 cm³/mol. The van der Waals surface area contributed by atoms with Crippen LogP contribution in [-0.4, -0.2) is 35.0 Å². The molecule has 1 aliphatic heterocycles. The van der Waals surface area contributed by atoms with Crippen LogP contribution in [0.25, 0.3) is 0 Å². The van der Waals surface area contributed by atoms with Crippen LogP contribution in [0.5, 0.6) is 5.19 Å². The zero-order valence-corrected chi connectivity index (χ0v) is 15.1. The van der Waals surface area contributed by atoms with E-state index in [9.17, 15) is 4.79 Å². The molecule has 132 valence electrons. The van der Waals surface area contributed by atoms with Crippen molar-refractivity contribution in [3.8, 4) is 5.19 Å². The van der Waals surface area contributed by atoms with Gasteiger partial charge in [-0.15, -0.1) is 0 Å². The summed E-state index contributed by atoms with van der Waals surface area (Å²) >= 11 is 1.48. The van der Waals surface area contributed by atoms with Gasteiger partial charge in [0.2, 0.25) is 5.91 Å². The molecule has 2 heterocycles. The lowest BCUT2D eigenvalue weighted by Gasteiger charge is -2.39. The van der Waals surface area contributed by atoms with E-state index in [-0.39, 0.29) is 17.9 Å². The van der Waals surface area contributed by atoms with E-state index in [1.54, 1.807) is 6.20 Å². The third-order valence-corrected chi connectivity index (χ3v) is 5.32. The maximum atomic E-state index is 12.8. The van der Waals surface area contributed by atoms with E-state index < -0.39 is 0 Å². The van der Waals surface area contributed by atoms with Gasteiger partial charge in [-0.05, 0) is 11.1 Å². The lowest BCUT2D eigenvalue weighted by molar-refractivity contribution is -0.140. The Balaban J connectivity index is 1.41. The standard InChI is InChI=1S/C21H20N2O2S/c24-20(23-14-18(15-23)25-21-22-11-12-26-21)13-19(16-7-3-1-4-8-16)17-9-5-2-6-10-17/h1-12,18-19H,13-15H2. The molecule has 0 radical (unpaired) electrons. The second kappa shape index (κ2) is 7.70. The Hall–Kier alpha value is -2.66. The Labute approximate surface area is 157 Å². The van der Waals surface area contributed by atoms with Gasteiger partial charge in [-0.3, -0.25) is 4.79 Å². The van der Waals surface area contributed by atoms with E-state index in [4.69, 9.17) is 4.74 Å². The second-order valence-electron chi connectivity index (χ2n) is 6.41. The molecule has 26 heavy (non-hydrogen) atoms. The zero-order valence-electron chi connectivity index (χ0n) is 14.3. The number of carbonyl (C=O) groups excluding carboxylic acids is 1. The van der Waals surface area contributed by atoms with Crippen LogP contribution < -0.4 is 4.74 Å². The number of likely N-dealkylation sites (tertiary alicyclic amines) is 1. The average molecular weight is 364 g/mol. The molecule has 1 aliphatic rings. The lowest BCUT2D eigenvalue weighted by atomic mass is 9.88. The number of ether oxygens (including phenoxy) is 1. The van der Waals surface area contributed by atoms with E-state index in [2.05, 4.69) is 29.2 Å². The Bertz CT molecular complexity index is 791. The molecular weight excluding hydrogens is 344 g/mol. The number of thiazole rings is 1. The molecule has 1 fully saturated rings. The van der Waals surface area contributed by atoms with Gasteiger partial charge in [-0.1, -0.05) is 72.0 Å². The number of aromatic nitrogens is 1. The van der Waals surface area contributed by atoms with Gasteiger partial charge in [0.1, 0.15) is 6.10 Å². The number of nitrogens with zero attached hydrogens (tertiary/aromatic N) is 2. The third kappa shape index (κ3) is 3.78. The van der Waals surface area contributed by atoms with Crippen molar-refractivity contribution in [3.63, 3.8) is 0 Å². The Morgan fingerprint density at radius 1 is 1.08 bits per heavy atom. The van der Waals surface area contributed by atoms with E-state index in [0.29, 0.717) is 24.7 Å². The molecule has 4 nitrogen and oxygen atoms in total. The predicted octanol–water partition coefficient (Wildman–Crippen LogP) is 3.95. The fourth-order valence-electron chi connectivity index (χ4n) is 3.23. The highest BCUT2D eigenvalue weighted by molar-refractivity contribution is 7.11. The van der Waals surface area contributed by atoms with Crippen molar-refractivity contribution in [3.05, 3.63) is 83.4 Å². The molecular formula is C21H20N2O2S. The van der Waals surface area contributed by atoms with E-state index >= 15 is 0 Å². The van der Waals surface area contributed by atoms with Crippen molar-refractivity contribution >= 4 is 17.2 Å². The molecule has 0 bridgehead atoms. The lowest BCUT2D eigenvalue weighted by Crippen LogP contribution is -2.56. The van der Waals surface area contributed by atoms with Crippen LogP contribution in [0.4, 0.5) is 0 Å². The SMILES string of the molecule is O=C(CC(c1ccccc1)c1ccccc1)N1CC(Oc2nccs2)C1. The van der Waals surface area contributed by atoms with Crippen molar-refractivity contribution in [1.29, 1.82) is 0 Å². The van der Waals surface area contributed by atoms with Crippen molar-refractivity contribution in [2.75, 3.05) is 13.1 Å². The number of rotatable bonds is 6. The first kappa shape index (κ1) is 16.8. The molecule has 0 saturated carbocycles. The molecule has 0 aliphatic carbocycles. The highest BCUT2D eigenvalue weighted by atomic mass is 32.1. The number of benzene rings is 2. The molecule has 0 unspecified atom stereocenters. The minimum atomic E-state index is 0.0528. The first-order chi connectivity index (χ1) is 12.8. The Morgan fingerprint density at radius 2 is 1.69 bits per heavy atom. The third-order valence-electron chi connectivity index (χ3n) is 4.66.